The first-order valence-electron chi connectivity index (χ1n) is 8.61. The predicted molar refractivity (Wildman–Crippen MR) is 98.7 cm³/mol. The molecule has 0 aromatic heterocycles. The molecule has 2 aromatic rings. The van der Waals surface area contributed by atoms with Crippen molar-refractivity contribution in [1.29, 1.82) is 0 Å². The highest BCUT2D eigenvalue weighted by atomic mass is 16.6. The second-order valence-electron chi connectivity index (χ2n) is 7.77. The van der Waals surface area contributed by atoms with Gasteiger partial charge in [-0.15, -0.1) is 0 Å². The summed E-state index contributed by atoms with van der Waals surface area (Å²) in [5.74, 6) is -1.28. The zero-order valence-electron chi connectivity index (χ0n) is 15.4. The van der Waals surface area contributed by atoms with Crippen LogP contribution >= 0.6 is 0 Å². The summed E-state index contributed by atoms with van der Waals surface area (Å²) >= 11 is 0. The van der Waals surface area contributed by atoms with Gasteiger partial charge in [-0.05, 0) is 38.8 Å². The van der Waals surface area contributed by atoms with Crippen LogP contribution in [0.3, 0.4) is 0 Å². The van der Waals surface area contributed by atoms with Gasteiger partial charge < -0.3 is 4.74 Å². The first-order valence-corrected chi connectivity index (χ1v) is 8.61. The lowest BCUT2D eigenvalue weighted by Crippen LogP contribution is -2.58. The molecule has 4 heteroatoms. The van der Waals surface area contributed by atoms with E-state index in [1.165, 1.54) is 13.8 Å². The molecular weight excluding hydrogens is 328 g/mol. The van der Waals surface area contributed by atoms with Crippen LogP contribution in [0.25, 0.3) is 11.1 Å². The zero-order chi connectivity index (χ0) is 19.1. The molecule has 0 radical (unpaired) electrons. The Kier molecular flexibility index (Phi) is 4.31. The van der Waals surface area contributed by atoms with E-state index in [4.69, 9.17) is 4.74 Å². The van der Waals surface area contributed by atoms with Crippen LogP contribution in [-0.2, 0) is 14.3 Å². The maximum Gasteiger partial charge on any atom is 0.319 e. The third kappa shape index (κ3) is 2.85. The number of hydrogen-bond acceptors (Lipinski definition) is 4. The minimum Gasteiger partial charge on any atom is -0.452 e. The van der Waals surface area contributed by atoms with Crippen LogP contribution in [0, 0.1) is 10.8 Å². The summed E-state index contributed by atoms with van der Waals surface area (Å²) in [6.07, 6.45) is -1.11. The molecular formula is C22H22O4. The average Bonchev–Trinajstić information content (AvgIpc) is 2.64. The van der Waals surface area contributed by atoms with Crippen LogP contribution < -0.4 is 0 Å². The third-order valence-electron chi connectivity index (χ3n) is 5.06. The molecule has 0 N–H and O–H groups in total. The van der Waals surface area contributed by atoms with Crippen molar-refractivity contribution in [3.63, 3.8) is 0 Å². The van der Waals surface area contributed by atoms with Gasteiger partial charge in [-0.25, -0.2) is 0 Å². The maximum atomic E-state index is 12.9. The topological polar surface area (TPSA) is 60.4 Å². The van der Waals surface area contributed by atoms with Crippen molar-refractivity contribution in [2.24, 2.45) is 10.8 Å². The molecule has 1 aliphatic heterocycles. The van der Waals surface area contributed by atoms with Crippen LogP contribution in [0.4, 0.5) is 0 Å². The maximum absolute atomic E-state index is 12.9. The Morgan fingerprint density at radius 2 is 1.38 bits per heavy atom. The Labute approximate surface area is 153 Å². The predicted octanol–water partition coefficient (Wildman–Crippen LogP) is 4.08. The molecule has 0 saturated carbocycles. The largest absolute Gasteiger partial charge is 0.452 e. The monoisotopic (exact) mass is 350 g/mol. The molecule has 1 fully saturated rings. The quantitative estimate of drug-likeness (QED) is 0.475. The Hall–Kier alpha value is -2.75. The van der Waals surface area contributed by atoms with Gasteiger partial charge in [0.15, 0.2) is 11.9 Å². The zero-order valence-corrected chi connectivity index (χ0v) is 15.4. The number of benzene rings is 2. The number of Topliss-reactive ketones (excluding diaryl/α,β-unsaturated/α-hetero) is 2. The van der Waals surface area contributed by atoms with Crippen molar-refractivity contribution >= 4 is 17.5 Å². The molecule has 0 aliphatic carbocycles. The minimum absolute atomic E-state index is 0.277. The first-order chi connectivity index (χ1) is 12.2. The minimum atomic E-state index is -1.24. The number of esters is 1. The normalized spacial score (nSPS) is 21.2. The van der Waals surface area contributed by atoms with E-state index in [1.54, 1.807) is 26.0 Å². The molecule has 0 spiro atoms. The number of rotatable bonds is 3. The Bertz CT molecular complexity index is 861. The van der Waals surface area contributed by atoms with Gasteiger partial charge in [-0.1, -0.05) is 54.6 Å². The number of carbonyl (C=O) groups is 3. The van der Waals surface area contributed by atoms with Crippen LogP contribution in [0.5, 0.6) is 0 Å². The van der Waals surface area contributed by atoms with E-state index in [0.717, 1.165) is 11.1 Å². The first kappa shape index (κ1) is 18.1. The second kappa shape index (κ2) is 6.20. The number of carbonyl (C=O) groups excluding carboxylic acids is 3. The van der Waals surface area contributed by atoms with Crippen molar-refractivity contribution in [2.75, 3.05) is 0 Å². The second-order valence-corrected chi connectivity index (χ2v) is 7.77. The smallest absolute Gasteiger partial charge is 0.319 e. The van der Waals surface area contributed by atoms with Crippen molar-refractivity contribution in [3.05, 3.63) is 60.2 Å². The molecule has 1 saturated heterocycles. The summed E-state index contributed by atoms with van der Waals surface area (Å²) in [5, 5.41) is 0. The summed E-state index contributed by atoms with van der Waals surface area (Å²) in [4.78, 5) is 37.9. The number of ether oxygens (including phenoxy) is 1. The molecule has 4 nitrogen and oxygen atoms in total. The lowest BCUT2D eigenvalue weighted by atomic mass is 9.67. The van der Waals surface area contributed by atoms with Crippen molar-refractivity contribution in [2.45, 2.75) is 33.8 Å². The summed E-state index contributed by atoms with van der Waals surface area (Å²) in [6, 6.07) is 16.9. The van der Waals surface area contributed by atoms with E-state index in [9.17, 15) is 14.4 Å². The molecule has 0 unspecified atom stereocenters. The van der Waals surface area contributed by atoms with Gasteiger partial charge in [0.25, 0.3) is 0 Å². The van der Waals surface area contributed by atoms with Crippen LogP contribution in [0.15, 0.2) is 54.6 Å². The number of ketones is 2. The van der Waals surface area contributed by atoms with Gasteiger partial charge in [-0.2, -0.15) is 0 Å². The Balaban J connectivity index is 1.89. The summed E-state index contributed by atoms with van der Waals surface area (Å²) < 4.78 is 5.41. The van der Waals surface area contributed by atoms with E-state index in [-0.39, 0.29) is 11.6 Å². The highest BCUT2D eigenvalue weighted by Crippen LogP contribution is 2.41. The van der Waals surface area contributed by atoms with E-state index in [2.05, 4.69) is 0 Å². The standard InChI is InChI=1S/C22H22O4/c1-21(2)18(26-20(25)22(3,4)19(21)24)17(23)16-12-10-15(11-13-16)14-8-6-5-7-9-14/h5-13,18H,1-4H3/t18-/m0/s1. The fraction of sp³-hybridized carbons (Fsp3) is 0.318. The molecule has 26 heavy (non-hydrogen) atoms. The molecule has 134 valence electrons. The number of hydrogen-bond donors (Lipinski definition) is 0. The van der Waals surface area contributed by atoms with E-state index < -0.39 is 22.9 Å². The summed E-state index contributed by atoms with van der Waals surface area (Å²) in [6.45, 7) is 6.39. The fourth-order valence-corrected chi connectivity index (χ4v) is 3.41. The Morgan fingerprint density at radius 1 is 0.846 bits per heavy atom. The van der Waals surface area contributed by atoms with E-state index in [0.29, 0.717) is 5.56 Å². The van der Waals surface area contributed by atoms with Gasteiger partial charge in [0.05, 0.1) is 5.41 Å². The van der Waals surface area contributed by atoms with Gasteiger partial charge in [-0.3, -0.25) is 14.4 Å². The summed E-state index contributed by atoms with van der Waals surface area (Å²) in [7, 11) is 0. The van der Waals surface area contributed by atoms with Crippen molar-refractivity contribution in [1.82, 2.24) is 0 Å². The van der Waals surface area contributed by atoms with E-state index >= 15 is 0 Å². The lowest BCUT2D eigenvalue weighted by Gasteiger charge is -2.42. The lowest BCUT2D eigenvalue weighted by molar-refractivity contribution is -0.181. The average molecular weight is 350 g/mol. The molecule has 0 bridgehead atoms. The van der Waals surface area contributed by atoms with Crippen LogP contribution in [0.1, 0.15) is 38.1 Å². The molecule has 1 heterocycles. The van der Waals surface area contributed by atoms with Gasteiger partial charge in [0.2, 0.25) is 5.78 Å². The van der Waals surface area contributed by atoms with Gasteiger partial charge in [0.1, 0.15) is 5.41 Å². The molecule has 0 amide bonds. The molecule has 1 aliphatic rings. The van der Waals surface area contributed by atoms with Gasteiger partial charge in [0, 0.05) is 5.56 Å². The molecule has 2 aromatic carbocycles. The molecule has 1 atom stereocenters. The highest BCUT2D eigenvalue weighted by Gasteiger charge is 2.57. The Morgan fingerprint density at radius 3 is 1.96 bits per heavy atom. The van der Waals surface area contributed by atoms with Crippen LogP contribution in [0.2, 0.25) is 0 Å². The third-order valence-corrected chi connectivity index (χ3v) is 5.06. The fourth-order valence-electron chi connectivity index (χ4n) is 3.41. The number of cyclic esters (lactones) is 1. The van der Waals surface area contributed by atoms with Crippen LogP contribution in [-0.4, -0.2) is 23.6 Å². The van der Waals surface area contributed by atoms with Crippen molar-refractivity contribution < 1.29 is 19.1 Å². The van der Waals surface area contributed by atoms with Gasteiger partial charge >= 0.3 is 5.97 Å². The molecule has 3 rings (SSSR count). The van der Waals surface area contributed by atoms with Crippen molar-refractivity contribution in [3.8, 4) is 11.1 Å². The SMILES string of the molecule is CC1(C)C(=O)O[C@@H](C(=O)c2ccc(-c3ccccc3)cc2)C(C)(C)C1=O. The van der Waals surface area contributed by atoms with E-state index in [1.807, 2.05) is 42.5 Å². The summed E-state index contributed by atoms with van der Waals surface area (Å²) in [5.41, 5.74) is 0.138. The highest BCUT2D eigenvalue weighted by molar-refractivity contribution is 6.13.